The van der Waals surface area contributed by atoms with E-state index in [-0.39, 0.29) is 18.0 Å². The van der Waals surface area contributed by atoms with Crippen molar-refractivity contribution in [1.29, 1.82) is 0 Å². The van der Waals surface area contributed by atoms with E-state index >= 15 is 0 Å². The van der Waals surface area contributed by atoms with Gasteiger partial charge in [0.1, 0.15) is 0 Å². The van der Waals surface area contributed by atoms with Gasteiger partial charge in [-0.15, -0.1) is 0 Å². The standard InChI is InChI=1S/C9H14O3/c1-7(10)12-6-5-8-3-2-4-9(8)11/h2-3,8-9,11H,4-6H2,1H3. The van der Waals surface area contributed by atoms with Gasteiger partial charge in [0, 0.05) is 12.8 Å². The predicted octanol–water partition coefficient (Wildman–Crippen LogP) is 0.877. The third-order valence-corrected chi connectivity index (χ3v) is 2.01. The van der Waals surface area contributed by atoms with Crippen molar-refractivity contribution in [1.82, 2.24) is 0 Å². The van der Waals surface area contributed by atoms with Crippen LogP contribution >= 0.6 is 0 Å². The van der Waals surface area contributed by atoms with E-state index in [0.717, 1.165) is 12.8 Å². The third kappa shape index (κ3) is 2.66. The average molecular weight is 170 g/mol. The minimum absolute atomic E-state index is 0.171. The molecule has 2 unspecified atom stereocenters. The lowest BCUT2D eigenvalue weighted by Gasteiger charge is -2.12. The molecular weight excluding hydrogens is 156 g/mol. The van der Waals surface area contributed by atoms with Crippen LogP contribution in [0.1, 0.15) is 19.8 Å². The summed E-state index contributed by atoms with van der Waals surface area (Å²) in [5.41, 5.74) is 0. The third-order valence-electron chi connectivity index (χ3n) is 2.01. The second-order valence-electron chi connectivity index (χ2n) is 3.02. The molecule has 0 heterocycles. The van der Waals surface area contributed by atoms with E-state index in [0.29, 0.717) is 6.61 Å². The Bertz CT molecular complexity index is 186. The maximum absolute atomic E-state index is 10.4. The molecular formula is C9H14O3. The van der Waals surface area contributed by atoms with Gasteiger partial charge in [-0.1, -0.05) is 12.2 Å². The summed E-state index contributed by atoms with van der Waals surface area (Å²) < 4.78 is 4.77. The molecule has 1 aliphatic carbocycles. The Morgan fingerprint density at radius 2 is 2.50 bits per heavy atom. The van der Waals surface area contributed by atoms with Crippen LogP contribution in [0.15, 0.2) is 12.2 Å². The van der Waals surface area contributed by atoms with E-state index in [1.807, 2.05) is 12.2 Å². The SMILES string of the molecule is CC(=O)OCCC1C=CCC1O. The van der Waals surface area contributed by atoms with Crippen molar-refractivity contribution < 1.29 is 14.6 Å². The number of hydrogen-bond acceptors (Lipinski definition) is 3. The molecule has 0 saturated heterocycles. The largest absolute Gasteiger partial charge is 0.466 e. The van der Waals surface area contributed by atoms with Gasteiger partial charge in [-0.3, -0.25) is 4.79 Å². The van der Waals surface area contributed by atoms with Crippen molar-refractivity contribution in [3.8, 4) is 0 Å². The van der Waals surface area contributed by atoms with Crippen molar-refractivity contribution >= 4 is 5.97 Å². The highest BCUT2D eigenvalue weighted by Gasteiger charge is 2.19. The summed E-state index contributed by atoms with van der Waals surface area (Å²) in [5, 5.41) is 9.35. The minimum atomic E-state index is -0.277. The van der Waals surface area contributed by atoms with Gasteiger partial charge in [0.05, 0.1) is 12.7 Å². The number of aliphatic hydroxyl groups excluding tert-OH is 1. The molecule has 0 bridgehead atoms. The Kier molecular flexibility index (Phi) is 3.29. The molecule has 0 amide bonds. The molecule has 3 heteroatoms. The van der Waals surface area contributed by atoms with E-state index < -0.39 is 0 Å². The molecule has 3 nitrogen and oxygen atoms in total. The Balaban J connectivity index is 2.14. The zero-order valence-corrected chi connectivity index (χ0v) is 7.19. The normalized spacial score (nSPS) is 27.5. The first-order valence-electron chi connectivity index (χ1n) is 4.18. The molecule has 0 fully saturated rings. The van der Waals surface area contributed by atoms with Gasteiger partial charge in [-0.05, 0) is 12.8 Å². The summed E-state index contributed by atoms with van der Waals surface area (Å²) in [7, 11) is 0. The van der Waals surface area contributed by atoms with E-state index in [2.05, 4.69) is 0 Å². The molecule has 0 aromatic rings. The van der Waals surface area contributed by atoms with Gasteiger partial charge < -0.3 is 9.84 Å². The first-order chi connectivity index (χ1) is 5.70. The first-order valence-corrected chi connectivity index (χ1v) is 4.18. The zero-order valence-electron chi connectivity index (χ0n) is 7.19. The number of carbonyl (C=O) groups is 1. The van der Waals surface area contributed by atoms with Crippen molar-refractivity contribution in [3.05, 3.63) is 12.2 Å². The molecule has 1 rings (SSSR count). The smallest absolute Gasteiger partial charge is 0.302 e. The highest BCUT2D eigenvalue weighted by molar-refractivity contribution is 5.65. The van der Waals surface area contributed by atoms with E-state index in [9.17, 15) is 9.90 Å². The van der Waals surface area contributed by atoms with E-state index in [1.165, 1.54) is 6.92 Å². The van der Waals surface area contributed by atoms with E-state index in [4.69, 9.17) is 4.74 Å². The van der Waals surface area contributed by atoms with Gasteiger partial charge in [0.15, 0.2) is 0 Å². The van der Waals surface area contributed by atoms with Gasteiger partial charge in [0.2, 0.25) is 0 Å². The fraction of sp³-hybridized carbons (Fsp3) is 0.667. The molecule has 0 aliphatic heterocycles. The van der Waals surface area contributed by atoms with Crippen molar-refractivity contribution in [3.63, 3.8) is 0 Å². The first kappa shape index (κ1) is 9.26. The second-order valence-corrected chi connectivity index (χ2v) is 3.02. The number of aliphatic hydroxyl groups is 1. The molecule has 0 saturated carbocycles. The van der Waals surface area contributed by atoms with E-state index in [1.54, 1.807) is 0 Å². The van der Waals surface area contributed by atoms with Crippen LogP contribution in [0.5, 0.6) is 0 Å². The molecule has 12 heavy (non-hydrogen) atoms. The van der Waals surface area contributed by atoms with Crippen LogP contribution in [0.4, 0.5) is 0 Å². The van der Waals surface area contributed by atoms with Crippen molar-refractivity contribution in [2.24, 2.45) is 5.92 Å². The fourth-order valence-electron chi connectivity index (χ4n) is 1.32. The summed E-state index contributed by atoms with van der Waals surface area (Å²) >= 11 is 0. The van der Waals surface area contributed by atoms with Crippen LogP contribution in [0.25, 0.3) is 0 Å². The molecule has 1 aliphatic rings. The fourth-order valence-corrected chi connectivity index (χ4v) is 1.32. The molecule has 2 atom stereocenters. The van der Waals surface area contributed by atoms with Crippen molar-refractivity contribution in [2.45, 2.75) is 25.9 Å². The lowest BCUT2D eigenvalue weighted by atomic mass is 10.0. The maximum atomic E-state index is 10.4. The lowest BCUT2D eigenvalue weighted by Crippen LogP contribution is -2.16. The number of hydrogen-bond donors (Lipinski definition) is 1. The maximum Gasteiger partial charge on any atom is 0.302 e. The van der Waals surface area contributed by atoms with Crippen LogP contribution in [0.2, 0.25) is 0 Å². The van der Waals surface area contributed by atoms with Crippen LogP contribution < -0.4 is 0 Å². The summed E-state index contributed by atoms with van der Waals surface area (Å²) in [4.78, 5) is 10.4. The van der Waals surface area contributed by atoms with Crippen LogP contribution in [0.3, 0.4) is 0 Å². The monoisotopic (exact) mass is 170 g/mol. The van der Waals surface area contributed by atoms with Crippen molar-refractivity contribution in [2.75, 3.05) is 6.61 Å². The molecule has 0 aromatic heterocycles. The van der Waals surface area contributed by atoms with Crippen LogP contribution in [-0.2, 0) is 9.53 Å². The Morgan fingerprint density at radius 3 is 3.00 bits per heavy atom. The lowest BCUT2D eigenvalue weighted by molar-refractivity contribution is -0.141. The quantitative estimate of drug-likeness (QED) is 0.505. The van der Waals surface area contributed by atoms with Gasteiger partial charge in [-0.2, -0.15) is 0 Å². The number of ether oxygens (including phenoxy) is 1. The molecule has 0 spiro atoms. The number of carbonyl (C=O) groups excluding carboxylic acids is 1. The zero-order chi connectivity index (χ0) is 8.97. The van der Waals surface area contributed by atoms with Gasteiger partial charge >= 0.3 is 5.97 Å². The van der Waals surface area contributed by atoms with Gasteiger partial charge in [0.25, 0.3) is 0 Å². The Hall–Kier alpha value is -0.830. The Morgan fingerprint density at radius 1 is 1.75 bits per heavy atom. The van der Waals surface area contributed by atoms with Crippen LogP contribution in [0, 0.1) is 5.92 Å². The molecule has 1 N–H and O–H groups in total. The number of esters is 1. The topological polar surface area (TPSA) is 46.5 Å². The Labute approximate surface area is 72.0 Å². The second kappa shape index (κ2) is 4.26. The number of rotatable bonds is 3. The predicted molar refractivity (Wildman–Crippen MR) is 44.5 cm³/mol. The molecule has 68 valence electrons. The summed E-state index contributed by atoms with van der Waals surface area (Å²) in [6, 6.07) is 0. The minimum Gasteiger partial charge on any atom is -0.466 e. The summed E-state index contributed by atoms with van der Waals surface area (Å²) in [6.07, 6.45) is 5.11. The highest BCUT2D eigenvalue weighted by atomic mass is 16.5. The van der Waals surface area contributed by atoms with Crippen LogP contribution in [-0.4, -0.2) is 23.8 Å². The van der Waals surface area contributed by atoms with Gasteiger partial charge in [-0.25, -0.2) is 0 Å². The molecule has 0 radical (unpaired) electrons. The highest BCUT2D eigenvalue weighted by Crippen LogP contribution is 2.20. The summed E-state index contributed by atoms with van der Waals surface area (Å²) in [5.74, 6) is -0.0872. The molecule has 0 aromatic carbocycles. The average Bonchev–Trinajstić information content (AvgIpc) is 2.36. The summed E-state index contributed by atoms with van der Waals surface area (Å²) in [6.45, 7) is 1.79.